The molecule has 2 aliphatic heterocycles. The molecule has 0 bridgehead atoms. The summed E-state index contributed by atoms with van der Waals surface area (Å²) in [7, 11) is 0. The lowest BCUT2D eigenvalue weighted by Gasteiger charge is -2.43. The van der Waals surface area contributed by atoms with Gasteiger partial charge in [-0.05, 0) is 13.8 Å². The van der Waals surface area contributed by atoms with Crippen LogP contribution in [0.15, 0.2) is 0 Å². The topological polar surface area (TPSA) is 179 Å². The smallest absolute Gasteiger partial charge is 0.224 e. The minimum atomic E-state index is -2.15. The van der Waals surface area contributed by atoms with Gasteiger partial charge in [0.05, 0.1) is 19.3 Å². The largest absolute Gasteiger partial charge is 0.394 e. The Kier molecular flexibility index (Phi) is 8.98. The number of rotatable bonds is 7. The van der Waals surface area contributed by atoms with Gasteiger partial charge in [0.2, 0.25) is 5.79 Å². The third-order valence-electron chi connectivity index (χ3n) is 4.48. The molecule has 0 saturated carbocycles. The maximum Gasteiger partial charge on any atom is 0.224 e. The Morgan fingerprint density at radius 1 is 0.926 bits per heavy atom. The van der Waals surface area contributed by atoms with Crippen molar-refractivity contribution in [2.75, 3.05) is 19.8 Å². The molecule has 162 valence electrons. The van der Waals surface area contributed by atoms with Crippen LogP contribution in [0.25, 0.3) is 0 Å². The summed E-state index contributed by atoms with van der Waals surface area (Å²) in [6.07, 6.45) is -12.3. The molecule has 9 atom stereocenters. The van der Waals surface area contributed by atoms with Gasteiger partial charge in [0, 0.05) is 0 Å². The molecule has 2 fully saturated rings. The van der Waals surface area contributed by atoms with Crippen LogP contribution in [0.3, 0.4) is 0 Å². The molecule has 11 nitrogen and oxygen atoms in total. The zero-order valence-corrected chi connectivity index (χ0v) is 14.6. The predicted molar refractivity (Wildman–Crippen MR) is 89.4 cm³/mol. The average molecular weight is 400 g/mol. The molecular weight excluding hydrogens is 368 g/mol. The number of ether oxygens (including phenoxy) is 4. The fraction of sp³-hybridized carbons (Fsp3) is 1.00. The molecule has 2 aliphatic rings. The van der Waals surface area contributed by atoms with Gasteiger partial charge in [-0.1, -0.05) is 7.43 Å². The highest BCUT2D eigenvalue weighted by molar-refractivity contribution is 4.98. The van der Waals surface area contributed by atoms with Crippen molar-refractivity contribution >= 4 is 0 Å². The molecular formula is C16H32O11. The summed E-state index contributed by atoms with van der Waals surface area (Å²) in [6.45, 7) is 1.87. The lowest BCUT2D eigenvalue weighted by molar-refractivity contribution is -0.383. The van der Waals surface area contributed by atoms with Crippen LogP contribution in [0.2, 0.25) is 0 Å². The van der Waals surface area contributed by atoms with Gasteiger partial charge in [0.1, 0.15) is 49.3 Å². The summed E-state index contributed by atoms with van der Waals surface area (Å²) in [4.78, 5) is 0. The molecule has 0 radical (unpaired) electrons. The molecule has 5 unspecified atom stereocenters. The van der Waals surface area contributed by atoms with E-state index in [0.717, 1.165) is 0 Å². The maximum atomic E-state index is 10.3. The third-order valence-corrected chi connectivity index (χ3v) is 4.48. The van der Waals surface area contributed by atoms with E-state index in [1.54, 1.807) is 13.8 Å². The molecule has 0 aromatic carbocycles. The van der Waals surface area contributed by atoms with E-state index in [9.17, 15) is 35.7 Å². The van der Waals surface area contributed by atoms with Gasteiger partial charge in [-0.25, -0.2) is 0 Å². The van der Waals surface area contributed by atoms with Crippen molar-refractivity contribution in [3.05, 3.63) is 0 Å². The summed E-state index contributed by atoms with van der Waals surface area (Å²) in [5, 5.41) is 69.0. The van der Waals surface area contributed by atoms with Crippen molar-refractivity contribution in [2.24, 2.45) is 0 Å². The highest BCUT2D eigenvalue weighted by Gasteiger charge is 2.58. The quantitative estimate of drug-likeness (QED) is 0.227. The van der Waals surface area contributed by atoms with Crippen molar-refractivity contribution in [2.45, 2.75) is 82.2 Å². The summed E-state index contributed by atoms with van der Waals surface area (Å²) in [5.41, 5.74) is 0. The average Bonchev–Trinajstić information content (AvgIpc) is 2.85. The first-order chi connectivity index (χ1) is 12.2. The van der Waals surface area contributed by atoms with Crippen molar-refractivity contribution in [3.63, 3.8) is 0 Å². The Bertz CT molecular complexity index is 448. The first-order valence-corrected chi connectivity index (χ1v) is 8.41. The van der Waals surface area contributed by atoms with Crippen LogP contribution in [0.1, 0.15) is 21.3 Å². The van der Waals surface area contributed by atoms with Gasteiger partial charge in [-0.2, -0.15) is 0 Å². The highest BCUT2D eigenvalue weighted by Crippen LogP contribution is 2.36. The minimum Gasteiger partial charge on any atom is -0.394 e. The minimum absolute atomic E-state index is 0. The van der Waals surface area contributed by atoms with Crippen LogP contribution < -0.4 is 0 Å². The zero-order chi connectivity index (χ0) is 19.6. The van der Waals surface area contributed by atoms with Crippen LogP contribution in [-0.4, -0.2) is 116 Å². The first-order valence-electron chi connectivity index (χ1n) is 8.41. The third kappa shape index (κ3) is 4.95. The molecule has 7 N–H and O–H groups in total. The van der Waals surface area contributed by atoms with Crippen molar-refractivity contribution in [1.29, 1.82) is 0 Å². The number of hydrogen-bond donors (Lipinski definition) is 7. The van der Waals surface area contributed by atoms with Crippen LogP contribution >= 0.6 is 0 Å². The van der Waals surface area contributed by atoms with Gasteiger partial charge >= 0.3 is 0 Å². The molecule has 2 rings (SSSR count). The normalized spacial score (nSPS) is 45.1. The van der Waals surface area contributed by atoms with Crippen molar-refractivity contribution in [3.8, 4) is 0 Å². The highest BCUT2D eigenvalue weighted by atomic mass is 16.8. The molecule has 11 heteroatoms. The van der Waals surface area contributed by atoms with Crippen LogP contribution in [0.5, 0.6) is 0 Å². The SMILES string of the molecule is C.CC(C)OC[C@H]1O[C@@](CO)(OC2OC(CO)[C@@H](O)C(O)[C@@H]2O)C(O)C1O. The number of aliphatic hydroxyl groups is 7. The van der Waals surface area contributed by atoms with Gasteiger partial charge in [0.15, 0.2) is 6.29 Å². The first kappa shape index (κ1) is 24.6. The molecule has 2 heterocycles. The van der Waals surface area contributed by atoms with Gasteiger partial charge in [-0.3, -0.25) is 0 Å². The number of aliphatic hydroxyl groups excluding tert-OH is 7. The second kappa shape index (κ2) is 9.85. The van der Waals surface area contributed by atoms with Crippen LogP contribution in [0, 0.1) is 0 Å². The molecule has 2 saturated heterocycles. The zero-order valence-electron chi connectivity index (χ0n) is 14.6. The summed E-state index contributed by atoms with van der Waals surface area (Å²) >= 11 is 0. The van der Waals surface area contributed by atoms with E-state index in [-0.39, 0.29) is 20.1 Å². The summed E-state index contributed by atoms with van der Waals surface area (Å²) in [5.74, 6) is -2.15. The lowest BCUT2D eigenvalue weighted by Crippen LogP contribution is -2.62. The van der Waals surface area contributed by atoms with Crippen molar-refractivity contribution < 1.29 is 54.7 Å². The maximum absolute atomic E-state index is 10.3. The number of hydrogen-bond acceptors (Lipinski definition) is 11. The Morgan fingerprint density at radius 3 is 2.07 bits per heavy atom. The van der Waals surface area contributed by atoms with Crippen LogP contribution in [0.4, 0.5) is 0 Å². The second-order valence-corrected chi connectivity index (χ2v) is 6.76. The van der Waals surface area contributed by atoms with Crippen molar-refractivity contribution in [1.82, 2.24) is 0 Å². The summed E-state index contributed by atoms with van der Waals surface area (Å²) in [6, 6.07) is 0. The Labute approximate surface area is 157 Å². The molecule has 27 heavy (non-hydrogen) atoms. The van der Waals surface area contributed by atoms with E-state index in [0.29, 0.717) is 0 Å². The van der Waals surface area contributed by atoms with Gasteiger partial charge < -0.3 is 54.7 Å². The van der Waals surface area contributed by atoms with E-state index in [4.69, 9.17) is 18.9 Å². The van der Waals surface area contributed by atoms with Crippen LogP contribution in [-0.2, 0) is 18.9 Å². The van der Waals surface area contributed by atoms with E-state index >= 15 is 0 Å². The lowest BCUT2D eigenvalue weighted by atomic mass is 9.99. The molecule has 0 aromatic rings. The fourth-order valence-corrected chi connectivity index (χ4v) is 2.91. The second-order valence-electron chi connectivity index (χ2n) is 6.76. The van der Waals surface area contributed by atoms with E-state index < -0.39 is 68.0 Å². The molecule has 0 amide bonds. The van der Waals surface area contributed by atoms with E-state index in [2.05, 4.69) is 0 Å². The molecule has 0 aliphatic carbocycles. The van der Waals surface area contributed by atoms with E-state index in [1.807, 2.05) is 0 Å². The van der Waals surface area contributed by atoms with Gasteiger partial charge in [-0.15, -0.1) is 0 Å². The summed E-state index contributed by atoms with van der Waals surface area (Å²) < 4.78 is 21.4. The van der Waals surface area contributed by atoms with Gasteiger partial charge in [0.25, 0.3) is 0 Å². The molecule has 0 spiro atoms. The Hall–Kier alpha value is -0.440. The monoisotopic (exact) mass is 400 g/mol. The predicted octanol–water partition coefficient (Wildman–Crippen LogP) is -3.33. The molecule has 0 aromatic heterocycles. The fourth-order valence-electron chi connectivity index (χ4n) is 2.91. The standard InChI is InChI=1S/C15H28O11.CH4/c1-6(2)23-4-8-10(19)13(22)15(5-17,25-8)26-14-12(21)11(20)9(18)7(3-16)24-14;/h6-14,16-22H,3-5H2,1-2H3;1H4/t7?,8-,9-,10?,11?,12+,13?,14?,15+;/m1./s1. The Balaban J connectivity index is 0.00000364. The Morgan fingerprint density at radius 2 is 1.56 bits per heavy atom. The van der Waals surface area contributed by atoms with E-state index in [1.165, 1.54) is 0 Å².